The number of nitrogens with one attached hydrogen (secondary N) is 1. The van der Waals surface area contributed by atoms with Crippen LogP contribution in [0.4, 0.5) is 13.2 Å². The summed E-state index contributed by atoms with van der Waals surface area (Å²) >= 11 is 0. The average molecular weight is 264 g/mol. The number of halogens is 3. The van der Waals surface area contributed by atoms with Crippen LogP contribution in [0.1, 0.15) is 0 Å². The predicted octanol–water partition coefficient (Wildman–Crippen LogP) is 3.35. The fourth-order valence-electron chi connectivity index (χ4n) is 1.85. The number of hydrogen-bond acceptors (Lipinski definition) is 2. The Morgan fingerprint density at radius 1 is 1.05 bits per heavy atom. The molecule has 0 bridgehead atoms. The van der Waals surface area contributed by atoms with E-state index < -0.39 is 17.5 Å². The van der Waals surface area contributed by atoms with Crippen LogP contribution in [0, 0.1) is 17.5 Å². The second-order valence-electron chi connectivity index (χ2n) is 4.00. The molecule has 0 atom stereocenters. The fraction of sp³-hybridized carbons (Fsp3) is 0. The number of phenolic OH excluding ortho intramolecular Hbond substituents is 1. The van der Waals surface area contributed by atoms with Crippen molar-refractivity contribution in [3.8, 4) is 17.1 Å². The van der Waals surface area contributed by atoms with Crippen molar-refractivity contribution in [2.24, 2.45) is 0 Å². The van der Waals surface area contributed by atoms with Crippen molar-refractivity contribution in [2.45, 2.75) is 0 Å². The minimum absolute atomic E-state index is 0.136. The molecule has 3 nitrogen and oxygen atoms in total. The van der Waals surface area contributed by atoms with E-state index in [-0.39, 0.29) is 28.2 Å². The molecule has 0 saturated carbocycles. The van der Waals surface area contributed by atoms with Crippen LogP contribution in [0.3, 0.4) is 0 Å². The van der Waals surface area contributed by atoms with Gasteiger partial charge >= 0.3 is 0 Å². The molecule has 0 saturated heterocycles. The lowest BCUT2D eigenvalue weighted by Gasteiger charge is -2.00. The van der Waals surface area contributed by atoms with Crippen molar-refractivity contribution in [2.75, 3.05) is 0 Å². The van der Waals surface area contributed by atoms with Gasteiger partial charge in [0.2, 0.25) is 0 Å². The lowest BCUT2D eigenvalue weighted by molar-refractivity contribution is 0.471. The highest BCUT2D eigenvalue weighted by Gasteiger charge is 2.15. The highest BCUT2D eigenvalue weighted by atomic mass is 19.2. The molecule has 1 heterocycles. The standard InChI is InChI=1S/C13H7F3N2O/c14-6-1-2-7(10(19)5-6)13-17-9-4-3-8(15)11(16)12(9)18-13/h1-5,19H,(H,17,18). The minimum atomic E-state index is -1.07. The van der Waals surface area contributed by atoms with E-state index in [0.29, 0.717) is 0 Å². The smallest absolute Gasteiger partial charge is 0.186 e. The van der Waals surface area contributed by atoms with E-state index in [1.165, 1.54) is 12.1 Å². The number of hydrogen-bond donors (Lipinski definition) is 2. The summed E-state index contributed by atoms with van der Waals surface area (Å²) in [4.78, 5) is 6.62. The number of nitrogens with zero attached hydrogens (tertiary/aromatic N) is 1. The van der Waals surface area contributed by atoms with Crippen molar-refractivity contribution in [3.63, 3.8) is 0 Å². The Labute approximate surface area is 105 Å². The molecule has 0 unspecified atom stereocenters. The Hall–Kier alpha value is -2.50. The van der Waals surface area contributed by atoms with Gasteiger partial charge in [0.15, 0.2) is 11.6 Å². The normalized spacial score (nSPS) is 11.1. The molecule has 2 N–H and O–H groups in total. The third kappa shape index (κ3) is 1.81. The molecule has 2 aromatic carbocycles. The summed E-state index contributed by atoms with van der Waals surface area (Å²) in [6, 6.07) is 5.67. The number of aromatic nitrogens is 2. The van der Waals surface area contributed by atoms with Crippen LogP contribution >= 0.6 is 0 Å². The second-order valence-corrected chi connectivity index (χ2v) is 4.00. The maximum Gasteiger partial charge on any atom is 0.186 e. The van der Waals surface area contributed by atoms with E-state index >= 15 is 0 Å². The van der Waals surface area contributed by atoms with Gasteiger partial charge in [-0.05, 0) is 24.3 Å². The fourth-order valence-corrected chi connectivity index (χ4v) is 1.85. The quantitative estimate of drug-likeness (QED) is 0.708. The Bertz CT molecular complexity index is 783. The Kier molecular flexibility index (Phi) is 2.45. The number of aromatic amines is 1. The summed E-state index contributed by atoms with van der Waals surface area (Å²) in [6.45, 7) is 0. The van der Waals surface area contributed by atoms with Crippen LogP contribution in [-0.4, -0.2) is 15.1 Å². The molecule has 0 aliphatic heterocycles. The molecule has 1 aromatic heterocycles. The second kappa shape index (κ2) is 4.01. The van der Waals surface area contributed by atoms with Crippen LogP contribution in [0.2, 0.25) is 0 Å². The highest BCUT2D eigenvalue weighted by Crippen LogP contribution is 2.30. The first-order chi connectivity index (χ1) is 9.06. The highest BCUT2D eigenvalue weighted by molar-refractivity contribution is 5.81. The van der Waals surface area contributed by atoms with Crippen molar-refractivity contribution in [3.05, 3.63) is 47.8 Å². The van der Waals surface area contributed by atoms with Gasteiger partial charge < -0.3 is 10.1 Å². The van der Waals surface area contributed by atoms with Gasteiger partial charge in [0.25, 0.3) is 0 Å². The average Bonchev–Trinajstić information content (AvgIpc) is 2.78. The topological polar surface area (TPSA) is 48.9 Å². The number of imidazole rings is 1. The number of aromatic hydroxyl groups is 1. The Balaban J connectivity index is 2.23. The first-order valence-corrected chi connectivity index (χ1v) is 5.39. The Morgan fingerprint density at radius 3 is 2.58 bits per heavy atom. The van der Waals surface area contributed by atoms with E-state index in [1.807, 2.05) is 0 Å². The van der Waals surface area contributed by atoms with Crippen LogP contribution in [0.5, 0.6) is 5.75 Å². The van der Waals surface area contributed by atoms with Crippen LogP contribution in [0.25, 0.3) is 22.4 Å². The van der Waals surface area contributed by atoms with Crippen molar-refractivity contribution in [1.29, 1.82) is 0 Å². The summed E-state index contributed by atoms with van der Waals surface area (Å²) in [6.07, 6.45) is 0. The van der Waals surface area contributed by atoms with Gasteiger partial charge in [-0.2, -0.15) is 0 Å². The van der Waals surface area contributed by atoms with E-state index in [0.717, 1.165) is 18.2 Å². The molecule has 0 aliphatic rings. The lowest BCUT2D eigenvalue weighted by atomic mass is 10.2. The van der Waals surface area contributed by atoms with E-state index in [1.54, 1.807) is 0 Å². The SMILES string of the molecule is Oc1cc(F)ccc1-c1nc2c(F)c(F)ccc2[nH]1. The summed E-state index contributed by atoms with van der Waals surface area (Å²) in [5.74, 6) is -2.87. The molecular weight excluding hydrogens is 257 g/mol. The van der Waals surface area contributed by atoms with E-state index in [2.05, 4.69) is 9.97 Å². The van der Waals surface area contributed by atoms with Gasteiger partial charge in [-0.1, -0.05) is 0 Å². The van der Waals surface area contributed by atoms with Crippen LogP contribution in [-0.2, 0) is 0 Å². The molecule has 3 aromatic rings. The van der Waals surface area contributed by atoms with E-state index in [9.17, 15) is 18.3 Å². The number of fused-ring (bicyclic) bond motifs is 1. The summed E-state index contributed by atoms with van der Waals surface area (Å²) < 4.78 is 39.5. The molecule has 3 rings (SSSR count). The van der Waals surface area contributed by atoms with E-state index in [4.69, 9.17) is 0 Å². The molecule has 0 radical (unpaired) electrons. The monoisotopic (exact) mass is 264 g/mol. The molecule has 0 amide bonds. The van der Waals surface area contributed by atoms with Gasteiger partial charge in [0.05, 0.1) is 11.1 Å². The van der Waals surface area contributed by atoms with Gasteiger partial charge in [-0.3, -0.25) is 0 Å². The van der Waals surface area contributed by atoms with Gasteiger partial charge in [-0.25, -0.2) is 18.2 Å². The number of benzene rings is 2. The number of phenols is 1. The molecule has 0 aliphatic carbocycles. The lowest BCUT2D eigenvalue weighted by Crippen LogP contribution is -1.85. The first kappa shape index (κ1) is 11.6. The minimum Gasteiger partial charge on any atom is -0.507 e. The summed E-state index contributed by atoms with van der Waals surface area (Å²) in [5, 5.41) is 9.63. The first-order valence-electron chi connectivity index (χ1n) is 5.39. The molecular formula is C13H7F3N2O. The van der Waals surface area contributed by atoms with Gasteiger partial charge in [0.1, 0.15) is 22.9 Å². The van der Waals surface area contributed by atoms with Crippen molar-refractivity contribution < 1.29 is 18.3 Å². The zero-order valence-electron chi connectivity index (χ0n) is 9.42. The van der Waals surface area contributed by atoms with Gasteiger partial charge in [-0.15, -0.1) is 0 Å². The van der Waals surface area contributed by atoms with Crippen molar-refractivity contribution in [1.82, 2.24) is 9.97 Å². The maximum atomic E-state index is 13.5. The van der Waals surface area contributed by atoms with Crippen LogP contribution in [0.15, 0.2) is 30.3 Å². The molecule has 19 heavy (non-hydrogen) atoms. The predicted molar refractivity (Wildman–Crippen MR) is 63.1 cm³/mol. The summed E-state index contributed by atoms with van der Waals surface area (Å²) in [7, 11) is 0. The van der Waals surface area contributed by atoms with Crippen LogP contribution < -0.4 is 0 Å². The molecule has 0 spiro atoms. The Morgan fingerprint density at radius 2 is 1.84 bits per heavy atom. The maximum absolute atomic E-state index is 13.5. The van der Waals surface area contributed by atoms with Gasteiger partial charge in [0, 0.05) is 6.07 Å². The third-order valence-corrected chi connectivity index (χ3v) is 2.76. The zero-order chi connectivity index (χ0) is 13.6. The largest absolute Gasteiger partial charge is 0.507 e. The third-order valence-electron chi connectivity index (χ3n) is 2.76. The number of H-pyrrole nitrogens is 1. The van der Waals surface area contributed by atoms with Crippen molar-refractivity contribution >= 4 is 11.0 Å². The number of rotatable bonds is 1. The summed E-state index contributed by atoms with van der Waals surface area (Å²) in [5.41, 5.74) is 0.328. The molecule has 6 heteroatoms. The molecule has 0 fully saturated rings. The molecule has 96 valence electrons. The zero-order valence-corrected chi connectivity index (χ0v) is 9.42.